The van der Waals surface area contributed by atoms with Crippen LogP contribution >= 0.6 is 11.8 Å². The quantitative estimate of drug-likeness (QED) is 0.456. The zero-order chi connectivity index (χ0) is 19.5. The summed E-state index contributed by atoms with van der Waals surface area (Å²) in [7, 11) is 1.87. The van der Waals surface area contributed by atoms with Crippen molar-refractivity contribution in [3.05, 3.63) is 60.9 Å². The second-order valence-electron chi connectivity index (χ2n) is 6.27. The van der Waals surface area contributed by atoms with E-state index in [1.807, 2.05) is 65.9 Å². The number of furan rings is 1. The average molecular weight is 392 g/mol. The molecule has 2 aromatic carbocycles. The lowest BCUT2D eigenvalue weighted by Crippen LogP contribution is -2.32. The molecule has 0 radical (unpaired) electrons. The summed E-state index contributed by atoms with van der Waals surface area (Å²) in [6.07, 6.45) is 1.60. The Balaban J connectivity index is 1.53. The van der Waals surface area contributed by atoms with E-state index in [1.54, 1.807) is 6.26 Å². The number of thioether (sulfide) groups is 1. The summed E-state index contributed by atoms with van der Waals surface area (Å²) >= 11 is 1.37. The minimum absolute atomic E-state index is 0.0337. The Bertz CT molecular complexity index is 1100. The summed E-state index contributed by atoms with van der Waals surface area (Å²) < 4.78 is 7.22. The molecule has 0 saturated carbocycles. The van der Waals surface area contributed by atoms with E-state index in [0.717, 1.165) is 16.5 Å². The smallest absolute Gasteiger partial charge is 0.237 e. The number of amides is 1. The SMILES string of the molecule is CCN(C(=O)CSc1nnc(-c2ccco2)n1C)c1cccc2ccccc12. The van der Waals surface area contributed by atoms with Crippen molar-refractivity contribution in [3.63, 3.8) is 0 Å². The fourth-order valence-electron chi connectivity index (χ4n) is 3.19. The first kappa shape index (κ1) is 18.3. The standard InChI is InChI=1S/C21H20N4O2S/c1-3-25(17-11-6-9-15-8-4-5-10-16(15)17)19(26)14-28-21-23-22-20(24(21)2)18-12-7-13-27-18/h4-13H,3,14H2,1-2H3. The number of carbonyl (C=O) groups is 1. The van der Waals surface area contributed by atoms with Gasteiger partial charge in [-0.25, -0.2) is 0 Å². The number of hydrogen-bond acceptors (Lipinski definition) is 5. The molecule has 2 heterocycles. The molecular weight excluding hydrogens is 372 g/mol. The third-order valence-electron chi connectivity index (χ3n) is 4.58. The van der Waals surface area contributed by atoms with Crippen LogP contribution in [0.25, 0.3) is 22.4 Å². The van der Waals surface area contributed by atoms with Crippen molar-refractivity contribution in [2.45, 2.75) is 12.1 Å². The molecule has 4 rings (SSSR count). The molecular formula is C21H20N4O2S. The number of aromatic nitrogens is 3. The van der Waals surface area contributed by atoms with Gasteiger partial charge in [-0.05, 0) is 30.5 Å². The Labute approximate surface area is 167 Å². The predicted molar refractivity (Wildman–Crippen MR) is 111 cm³/mol. The van der Waals surface area contributed by atoms with Crippen molar-refractivity contribution >= 4 is 34.1 Å². The lowest BCUT2D eigenvalue weighted by Gasteiger charge is -2.22. The topological polar surface area (TPSA) is 64.2 Å². The third-order valence-corrected chi connectivity index (χ3v) is 5.58. The monoisotopic (exact) mass is 392 g/mol. The van der Waals surface area contributed by atoms with Crippen LogP contribution in [-0.2, 0) is 11.8 Å². The van der Waals surface area contributed by atoms with E-state index in [1.165, 1.54) is 11.8 Å². The summed E-state index contributed by atoms with van der Waals surface area (Å²) in [6.45, 7) is 2.59. The zero-order valence-corrected chi connectivity index (χ0v) is 16.5. The molecule has 2 aromatic heterocycles. The average Bonchev–Trinajstić information content (AvgIpc) is 3.37. The molecule has 28 heavy (non-hydrogen) atoms. The highest BCUT2D eigenvalue weighted by Gasteiger charge is 2.19. The van der Waals surface area contributed by atoms with Crippen molar-refractivity contribution < 1.29 is 9.21 Å². The molecule has 0 fully saturated rings. The number of fused-ring (bicyclic) bond motifs is 1. The van der Waals surface area contributed by atoms with Gasteiger partial charge in [0.25, 0.3) is 0 Å². The van der Waals surface area contributed by atoms with E-state index >= 15 is 0 Å². The molecule has 1 amide bonds. The van der Waals surface area contributed by atoms with Crippen LogP contribution in [0.4, 0.5) is 5.69 Å². The summed E-state index contributed by atoms with van der Waals surface area (Å²) in [5.74, 6) is 1.60. The summed E-state index contributed by atoms with van der Waals surface area (Å²) in [6, 6.07) is 17.8. The Morgan fingerprint density at radius 2 is 1.93 bits per heavy atom. The van der Waals surface area contributed by atoms with Gasteiger partial charge < -0.3 is 13.9 Å². The lowest BCUT2D eigenvalue weighted by molar-refractivity contribution is -0.116. The molecule has 0 aliphatic rings. The van der Waals surface area contributed by atoms with Crippen LogP contribution in [0.15, 0.2) is 70.4 Å². The van der Waals surface area contributed by atoms with Crippen LogP contribution < -0.4 is 4.90 Å². The van der Waals surface area contributed by atoms with Gasteiger partial charge in [-0.1, -0.05) is 48.2 Å². The molecule has 0 atom stereocenters. The Morgan fingerprint density at radius 1 is 1.11 bits per heavy atom. The van der Waals surface area contributed by atoms with Gasteiger partial charge in [-0.2, -0.15) is 0 Å². The summed E-state index contributed by atoms with van der Waals surface area (Å²) in [5, 5.41) is 11.2. The zero-order valence-electron chi connectivity index (χ0n) is 15.7. The highest BCUT2D eigenvalue weighted by molar-refractivity contribution is 7.99. The molecule has 142 valence electrons. The number of carbonyl (C=O) groups excluding carboxylic acids is 1. The van der Waals surface area contributed by atoms with E-state index < -0.39 is 0 Å². The van der Waals surface area contributed by atoms with Crippen LogP contribution in [0.1, 0.15) is 6.92 Å². The molecule has 0 saturated heterocycles. The molecule has 7 heteroatoms. The number of hydrogen-bond donors (Lipinski definition) is 0. The highest BCUT2D eigenvalue weighted by atomic mass is 32.2. The Hall–Kier alpha value is -3.06. The van der Waals surface area contributed by atoms with Gasteiger partial charge in [0.15, 0.2) is 16.7 Å². The van der Waals surface area contributed by atoms with Gasteiger partial charge in [-0.15, -0.1) is 10.2 Å². The second-order valence-corrected chi connectivity index (χ2v) is 7.21. The number of nitrogens with zero attached hydrogens (tertiary/aromatic N) is 4. The predicted octanol–water partition coefficient (Wildman–Crippen LogP) is 4.37. The van der Waals surface area contributed by atoms with Gasteiger partial charge in [0, 0.05) is 19.0 Å². The molecule has 0 aliphatic carbocycles. The van der Waals surface area contributed by atoms with Crippen molar-refractivity contribution in [2.24, 2.45) is 7.05 Å². The summed E-state index contributed by atoms with van der Waals surface area (Å²) in [5.41, 5.74) is 0.931. The van der Waals surface area contributed by atoms with Crippen LogP contribution in [0.2, 0.25) is 0 Å². The van der Waals surface area contributed by atoms with Gasteiger partial charge >= 0.3 is 0 Å². The first-order valence-electron chi connectivity index (χ1n) is 9.03. The van der Waals surface area contributed by atoms with Gasteiger partial charge in [0.05, 0.1) is 17.7 Å². The number of benzene rings is 2. The van der Waals surface area contributed by atoms with Crippen molar-refractivity contribution in [1.82, 2.24) is 14.8 Å². The minimum Gasteiger partial charge on any atom is -0.461 e. The van der Waals surface area contributed by atoms with Crippen molar-refractivity contribution in [2.75, 3.05) is 17.2 Å². The first-order valence-corrected chi connectivity index (χ1v) is 10.0. The van der Waals surface area contributed by atoms with E-state index in [2.05, 4.69) is 22.3 Å². The molecule has 0 unspecified atom stereocenters. The largest absolute Gasteiger partial charge is 0.461 e. The number of anilines is 1. The van der Waals surface area contributed by atoms with E-state index in [9.17, 15) is 4.79 Å². The fourth-order valence-corrected chi connectivity index (χ4v) is 3.98. The van der Waals surface area contributed by atoms with Crippen LogP contribution in [0, 0.1) is 0 Å². The van der Waals surface area contributed by atoms with E-state index in [0.29, 0.717) is 23.3 Å². The fraction of sp³-hybridized carbons (Fsp3) is 0.190. The molecule has 0 N–H and O–H groups in total. The summed E-state index contributed by atoms with van der Waals surface area (Å²) in [4.78, 5) is 14.8. The Morgan fingerprint density at radius 3 is 2.71 bits per heavy atom. The maximum absolute atomic E-state index is 13.0. The van der Waals surface area contributed by atoms with Crippen molar-refractivity contribution in [3.8, 4) is 11.6 Å². The van der Waals surface area contributed by atoms with Gasteiger partial charge in [0.2, 0.25) is 5.91 Å². The molecule has 0 spiro atoms. The van der Waals surface area contributed by atoms with Crippen molar-refractivity contribution in [1.29, 1.82) is 0 Å². The normalized spacial score (nSPS) is 11.1. The van der Waals surface area contributed by atoms with Gasteiger partial charge in [-0.3, -0.25) is 4.79 Å². The van der Waals surface area contributed by atoms with Crippen LogP contribution in [-0.4, -0.2) is 33.0 Å². The van der Waals surface area contributed by atoms with E-state index in [4.69, 9.17) is 4.42 Å². The third kappa shape index (κ3) is 3.41. The van der Waals surface area contributed by atoms with Crippen LogP contribution in [0.3, 0.4) is 0 Å². The van der Waals surface area contributed by atoms with Crippen LogP contribution in [0.5, 0.6) is 0 Å². The Kier molecular flexibility index (Phi) is 5.16. The maximum Gasteiger partial charge on any atom is 0.237 e. The maximum atomic E-state index is 13.0. The molecule has 0 bridgehead atoms. The van der Waals surface area contributed by atoms with E-state index in [-0.39, 0.29) is 11.7 Å². The lowest BCUT2D eigenvalue weighted by atomic mass is 10.1. The molecule has 6 nitrogen and oxygen atoms in total. The first-order chi connectivity index (χ1) is 13.7. The molecule has 4 aromatic rings. The minimum atomic E-state index is 0.0337. The second kappa shape index (κ2) is 7.90. The highest BCUT2D eigenvalue weighted by Crippen LogP contribution is 2.28. The van der Waals surface area contributed by atoms with Gasteiger partial charge in [0.1, 0.15) is 0 Å². The number of rotatable bonds is 6. The molecule has 0 aliphatic heterocycles.